The molecule has 4 bridgehead atoms. The van der Waals surface area contributed by atoms with E-state index in [1.807, 2.05) is 38.1 Å². The molecule has 146 valence electrons. The van der Waals surface area contributed by atoms with Crippen molar-refractivity contribution in [3.05, 3.63) is 29.8 Å². The van der Waals surface area contributed by atoms with Crippen molar-refractivity contribution < 1.29 is 9.53 Å². The third kappa shape index (κ3) is 4.13. The number of thiocarbonyl (C=S) groups is 1. The number of carbonyl (C=O) groups excluding carboxylic acids is 1. The van der Waals surface area contributed by atoms with Gasteiger partial charge in [-0.3, -0.25) is 4.79 Å². The third-order valence-electron chi connectivity index (χ3n) is 6.50. The lowest BCUT2D eigenvalue weighted by Gasteiger charge is -2.55. The molecule has 0 aromatic heterocycles. The van der Waals surface area contributed by atoms with E-state index in [-0.39, 0.29) is 17.4 Å². The minimum atomic E-state index is -0.156. The van der Waals surface area contributed by atoms with E-state index < -0.39 is 0 Å². The first-order valence-corrected chi connectivity index (χ1v) is 10.7. The highest BCUT2D eigenvalue weighted by molar-refractivity contribution is 7.80. The normalized spacial score (nSPS) is 31.0. The Labute approximate surface area is 167 Å². The molecule has 2 N–H and O–H groups in total. The second-order valence-corrected chi connectivity index (χ2v) is 9.55. The van der Waals surface area contributed by atoms with E-state index in [2.05, 4.69) is 10.6 Å². The summed E-state index contributed by atoms with van der Waals surface area (Å²) in [6.45, 7) is 4.63. The highest BCUT2D eigenvalue weighted by Crippen LogP contribution is 2.60. The summed E-state index contributed by atoms with van der Waals surface area (Å²) >= 11 is 5.40. The topological polar surface area (TPSA) is 50.4 Å². The molecule has 0 saturated heterocycles. The Bertz CT molecular complexity index is 678. The summed E-state index contributed by atoms with van der Waals surface area (Å²) in [5.41, 5.74) is 0.952. The van der Waals surface area contributed by atoms with Gasteiger partial charge in [-0.25, -0.2) is 0 Å². The van der Waals surface area contributed by atoms with Gasteiger partial charge in [0.25, 0.3) is 0 Å². The fourth-order valence-electron chi connectivity index (χ4n) is 5.81. The van der Waals surface area contributed by atoms with Gasteiger partial charge >= 0.3 is 0 Å². The van der Waals surface area contributed by atoms with Crippen LogP contribution in [0.1, 0.15) is 57.9 Å². The molecule has 5 rings (SSSR count). The van der Waals surface area contributed by atoms with E-state index in [1.54, 1.807) is 0 Å². The highest BCUT2D eigenvalue weighted by Gasteiger charge is 2.54. The smallest absolute Gasteiger partial charge is 0.232 e. The van der Waals surface area contributed by atoms with Gasteiger partial charge in [0.05, 0.1) is 11.5 Å². The molecular formula is C22H30N2O2S. The van der Waals surface area contributed by atoms with E-state index in [9.17, 15) is 4.79 Å². The Morgan fingerprint density at radius 2 is 1.67 bits per heavy atom. The molecule has 0 heterocycles. The van der Waals surface area contributed by atoms with Gasteiger partial charge < -0.3 is 15.4 Å². The van der Waals surface area contributed by atoms with E-state index >= 15 is 0 Å². The van der Waals surface area contributed by atoms with Crippen molar-refractivity contribution in [3.8, 4) is 5.75 Å². The Balaban J connectivity index is 1.29. The third-order valence-corrected chi connectivity index (χ3v) is 6.74. The van der Waals surface area contributed by atoms with Gasteiger partial charge in [-0.1, -0.05) is 12.1 Å². The summed E-state index contributed by atoms with van der Waals surface area (Å²) in [6.07, 6.45) is 7.37. The molecule has 1 amide bonds. The quantitative estimate of drug-likeness (QED) is 0.746. The Kier molecular flexibility index (Phi) is 5.15. The molecule has 1 aromatic rings. The average molecular weight is 387 g/mol. The minimum Gasteiger partial charge on any atom is -0.491 e. The Hall–Kier alpha value is -1.62. The monoisotopic (exact) mass is 386 g/mol. The van der Waals surface area contributed by atoms with Crippen molar-refractivity contribution in [1.29, 1.82) is 0 Å². The maximum Gasteiger partial charge on any atom is 0.232 e. The maximum atomic E-state index is 13.0. The molecule has 4 fully saturated rings. The van der Waals surface area contributed by atoms with Crippen molar-refractivity contribution in [3.63, 3.8) is 0 Å². The number of rotatable bonds is 5. The number of benzene rings is 1. The molecule has 0 spiro atoms. The largest absolute Gasteiger partial charge is 0.491 e. The van der Waals surface area contributed by atoms with E-state index in [0.717, 1.165) is 48.3 Å². The van der Waals surface area contributed by atoms with Crippen LogP contribution in [0.25, 0.3) is 0 Å². The first-order chi connectivity index (χ1) is 12.9. The van der Waals surface area contributed by atoms with Crippen LogP contribution in [-0.4, -0.2) is 17.1 Å². The van der Waals surface area contributed by atoms with Gasteiger partial charge in [-0.05, 0) is 100 Å². The van der Waals surface area contributed by atoms with Crippen LogP contribution in [0.4, 0.5) is 0 Å². The fraction of sp³-hybridized carbons (Fsp3) is 0.636. The summed E-state index contributed by atoms with van der Waals surface area (Å²) in [4.78, 5) is 13.0. The molecule has 0 radical (unpaired) electrons. The van der Waals surface area contributed by atoms with E-state index in [1.165, 1.54) is 19.3 Å². The maximum absolute atomic E-state index is 13.0. The average Bonchev–Trinajstić information content (AvgIpc) is 2.59. The predicted molar refractivity (Wildman–Crippen MR) is 110 cm³/mol. The second-order valence-electron chi connectivity index (χ2n) is 9.15. The molecule has 0 unspecified atom stereocenters. The zero-order chi connectivity index (χ0) is 19.0. The lowest BCUT2D eigenvalue weighted by molar-refractivity contribution is -0.144. The van der Waals surface area contributed by atoms with Crippen molar-refractivity contribution in [2.45, 2.75) is 65.0 Å². The zero-order valence-corrected chi connectivity index (χ0v) is 17.1. The van der Waals surface area contributed by atoms with Crippen LogP contribution in [0.3, 0.4) is 0 Å². The van der Waals surface area contributed by atoms with Crippen molar-refractivity contribution >= 4 is 23.2 Å². The molecule has 27 heavy (non-hydrogen) atoms. The number of ether oxygens (including phenoxy) is 1. The fourth-order valence-corrected chi connectivity index (χ4v) is 5.97. The minimum absolute atomic E-state index is 0.153. The molecular weight excluding hydrogens is 356 g/mol. The van der Waals surface area contributed by atoms with E-state index in [0.29, 0.717) is 11.7 Å². The molecule has 1 aromatic carbocycles. The Morgan fingerprint density at radius 3 is 2.19 bits per heavy atom. The van der Waals surface area contributed by atoms with Gasteiger partial charge in [0.2, 0.25) is 5.91 Å². The molecule has 4 aliphatic rings. The van der Waals surface area contributed by atoms with Crippen LogP contribution in [-0.2, 0) is 11.3 Å². The number of nitrogens with one attached hydrogen (secondary N) is 2. The standard InChI is InChI=1S/C22H30N2O2S/c1-14(2)26-19-5-3-15(4-6-19)13-23-21(27)24-20(25)22-10-16-7-17(11-22)9-18(8-16)12-22/h3-6,14,16-18H,7-13H2,1-2H3,(H2,23,24,25,27). The van der Waals surface area contributed by atoms with Crippen LogP contribution in [0.15, 0.2) is 24.3 Å². The van der Waals surface area contributed by atoms with Crippen LogP contribution >= 0.6 is 12.2 Å². The molecule has 0 aliphatic heterocycles. The Morgan fingerprint density at radius 1 is 1.11 bits per heavy atom. The van der Waals surface area contributed by atoms with Gasteiger partial charge in [-0.15, -0.1) is 0 Å². The van der Waals surface area contributed by atoms with Crippen molar-refractivity contribution in [2.24, 2.45) is 23.2 Å². The van der Waals surface area contributed by atoms with Crippen LogP contribution in [0.5, 0.6) is 5.75 Å². The summed E-state index contributed by atoms with van der Waals surface area (Å²) in [5.74, 6) is 3.30. The lowest BCUT2D eigenvalue weighted by Crippen LogP contribution is -2.55. The van der Waals surface area contributed by atoms with Crippen LogP contribution < -0.4 is 15.4 Å². The van der Waals surface area contributed by atoms with Gasteiger partial charge in [-0.2, -0.15) is 0 Å². The number of amides is 1. The first kappa shape index (κ1) is 18.7. The summed E-state index contributed by atoms with van der Waals surface area (Å²) in [7, 11) is 0. The molecule has 5 heteroatoms. The predicted octanol–water partition coefficient (Wildman–Crippen LogP) is 4.18. The first-order valence-electron chi connectivity index (χ1n) is 10.3. The van der Waals surface area contributed by atoms with Crippen LogP contribution in [0.2, 0.25) is 0 Å². The number of carbonyl (C=O) groups is 1. The van der Waals surface area contributed by atoms with Gasteiger partial charge in [0.1, 0.15) is 5.75 Å². The molecule has 4 nitrogen and oxygen atoms in total. The SMILES string of the molecule is CC(C)Oc1ccc(CNC(=S)NC(=O)C23CC4CC(CC(C4)C2)C3)cc1. The molecule has 4 aliphatic carbocycles. The summed E-state index contributed by atoms with van der Waals surface area (Å²) in [5, 5.41) is 6.63. The summed E-state index contributed by atoms with van der Waals surface area (Å²) < 4.78 is 5.66. The van der Waals surface area contributed by atoms with E-state index in [4.69, 9.17) is 17.0 Å². The van der Waals surface area contributed by atoms with Gasteiger partial charge in [0.15, 0.2) is 5.11 Å². The van der Waals surface area contributed by atoms with Gasteiger partial charge in [0, 0.05) is 6.54 Å². The van der Waals surface area contributed by atoms with Crippen molar-refractivity contribution in [1.82, 2.24) is 10.6 Å². The lowest BCUT2D eigenvalue weighted by atomic mass is 9.49. The number of hydrogen-bond acceptors (Lipinski definition) is 3. The highest BCUT2D eigenvalue weighted by atomic mass is 32.1. The second kappa shape index (κ2) is 7.42. The number of hydrogen-bond donors (Lipinski definition) is 2. The van der Waals surface area contributed by atoms with Crippen molar-refractivity contribution in [2.75, 3.05) is 0 Å². The molecule has 4 saturated carbocycles. The van der Waals surface area contributed by atoms with Crippen LogP contribution in [0, 0.1) is 23.2 Å². The zero-order valence-electron chi connectivity index (χ0n) is 16.3. The molecule has 0 atom stereocenters. The summed E-state index contributed by atoms with van der Waals surface area (Å²) in [6, 6.07) is 7.98.